The van der Waals surface area contributed by atoms with Crippen LogP contribution in [0.15, 0.2) is 48.5 Å². The number of carbonyl (C=O) groups is 2. The summed E-state index contributed by atoms with van der Waals surface area (Å²) >= 11 is 0. The summed E-state index contributed by atoms with van der Waals surface area (Å²) in [4.78, 5) is 26.7. The van der Waals surface area contributed by atoms with E-state index in [-0.39, 0.29) is 42.1 Å². The maximum absolute atomic E-state index is 14.1. The first-order chi connectivity index (χ1) is 22.3. The van der Waals surface area contributed by atoms with Crippen molar-refractivity contribution in [2.45, 2.75) is 76.1 Å². The molecule has 1 fully saturated rings. The van der Waals surface area contributed by atoms with E-state index in [1.807, 2.05) is 31.2 Å². The zero-order chi connectivity index (χ0) is 34.2. The molecule has 47 heavy (non-hydrogen) atoms. The third kappa shape index (κ3) is 10.2. The number of hydrogen-bond donors (Lipinski definition) is 5. The van der Waals surface area contributed by atoms with Gasteiger partial charge in [-0.15, -0.1) is 6.42 Å². The Bertz CT molecular complexity index is 1700. The van der Waals surface area contributed by atoms with Gasteiger partial charge in [0.2, 0.25) is 5.91 Å². The lowest BCUT2D eigenvalue weighted by molar-refractivity contribution is -0.124. The number of aliphatic hydroxyl groups is 1. The lowest BCUT2D eigenvalue weighted by Crippen LogP contribution is -2.55. The van der Waals surface area contributed by atoms with Crippen molar-refractivity contribution in [2.75, 3.05) is 18.1 Å². The van der Waals surface area contributed by atoms with Crippen LogP contribution in [0.3, 0.4) is 0 Å². The molecule has 5 N–H and O–H groups in total. The molecule has 1 aliphatic carbocycles. The van der Waals surface area contributed by atoms with Crippen molar-refractivity contribution in [1.82, 2.24) is 26.1 Å². The van der Waals surface area contributed by atoms with Crippen LogP contribution in [0.25, 0.3) is 0 Å². The first-order valence-corrected chi connectivity index (χ1v) is 17.4. The van der Waals surface area contributed by atoms with Crippen LogP contribution in [0.4, 0.5) is 8.78 Å². The number of aliphatic hydroxyl groups excluding tert-OH is 1. The molecular weight excluding hydrogens is 628 g/mol. The molecule has 252 valence electrons. The molecule has 3 atom stereocenters. The maximum Gasteiger partial charge on any atom is 0.269 e. The molecule has 1 aromatic heterocycles. The molecule has 0 spiro atoms. The molecule has 10 nitrogen and oxygen atoms in total. The van der Waals surface area contributed by atoms with E-state index < -0.39 is 57.0 Å². The summed E-state index contributed by atoms with van der Waals surface area (Å²) < 4.78 is 53.5. The Morgan fingerprint density at radius 1 is 1.11 bits per heavy atom. The van der Waals surface area contributed by atoms with Gasteiger partial charge in [-0.2, -0.15) is 5.10 Å². The lowest BCUT2D eigenvalue weighted by Gasteiger charge is -2.29. The van der Waals surface area contributed by atoms with Gasteiger partial charge in [-0.05, 0) is 80.5 Å². The van der Waals surface area contributed by atoms with E-state index in [1.54, 1.807) is 6.92 Å². The number of rotatable bonds is 17. The predicted molar refractivity (Wildman–Crippen MR) is 174 cm³/mol. The minimum Gasteiger partial charge on any atom is -0.390 e. The predicted octanol–water partition coefficient (Wildman–Crippen LogP) is 3.05. The molecule has 0 saturated heterocycles. The Balaban J connectivity index is 1.55. The van der Waals surface area contributed by atoms with E-state index in [0.717, 1.165) is 36.6 Å². The quantitative estimate of drug-likeness (QED) is 0.139. The van der Waals surface area contributed by atoms with Crippen LogP contribution in [0.2, 0.25) is 0 Å². The highest BCUT2D eigenvalue weighted by Gasteiger charge is 2.44. The molecule has 1 saturated carbocycles. The fraction of sp³-hybridized carbons (Fsp3) is 0.441. The number of amides is 2. The van der Waals surface area contributed by atoms with Gasteiger partial charge in [0.25, 0.3) is 5.91 Å². The lowest BCUT2D eigenvalue weighted by atomic mass is 9.98. The monoisotopic (exact) mass is 669 g/mol. The zero-order valence-electron chi connectivity index (χ0n) is 26.5. The van der Waals surface area contributed by atoms with E-state index >= 15 is 0 Å². The van der Waals surface area contributed by atoms with Crippen molar-refractivity contribution in [3.8, 4) is 12.3 Å². The summed E-state index contributed by atoms with van der Waals surface area (Å²) in [6.45, 7) is 3.53. The van der Waals surface area contributed by atoms with E-state index in [1.165, 1.54) is 6.07 Å². The van der Waals surface area contributed by atoms with Crippen LogP contribution < -0.4 is 16.0 Å². The Morgan fingerprint density at radius 2 is 1.83 bits per heavy atom. The summed E-state index contributed by atoms with van der Waals surface area (Å²) in [5.74, 6) is -0.882. The Morgan fingerprint density at radius 3 is 2.45 bits per heavy atom. The van der Waals surface area contributed by atoms with Crippen LogP contribution in [0.5, 0.6) is 0 Å². The first kappa shape index (κ1) is 35.7. The number of benzene rings is 2. The molecule has 3 aromatic rings. The Kier molecular flexibility index (Phi) is 11.9. The number of H-pyrrole nitrogens is 1. The van der Waals surface area contributed by atoms with Crippen LogP contribution in [0.1, 0.15) is 71.9 Å². The summed E-state index contributed by atoms with van der Waals surface area (Å²) in [6.07, 6.45) is 6.63. The molecule has 0 unspecified atom stereocenters. The molecule has 4 rings (SSSR count). The van der Waals surface area contributed by atoms with Crippen LogP contribution >= 0.6 is 0 Å². The van der Waals surface area contributed by atoms with Gasteiger partial charge in [-0.25, -0.2) is 17.2 Å². The normalized spacial score (nSPS) is 15.7. The van der Waals surface area contributed by atoms with Crippen molar-refractivity contribution < 1.29 is 31.9 Å². The highest BCUT2D eigenvalue weighted by Crippen LogP contribution is 2.45. The Hall–Kier alpha value is -4.12. The number of halogens is 2. The number of carbonyl (C=O) groups excluding carboxylic acids is 2. The van der Waals surface area contributed by atoms with E-state index in [2.05, 4.69) is 32.1 Å². The average Bonchev–Trinajstić information content (AvgIpc) is 3.71. The zero-order valence-corrected chi connectivity index (χ0v) is 27.3. The fourth-order valence-corrected chi connectivity index (χ4v) is 6.92. The molecule has 2 amide bonds. The smallest absolute Gasteiger partial charge is 0.269 e. The van der Waals surface area contributed by atoms with E-state index in [9.17, 15) is 31.9 Å². The molecule has 0 bridgehead atoms. The van der Waals surface area contributed by atoms with Crippen molar-refractivity contribution >= 4 is 21.7 Å². The molecule has 1 heterocycles. The number of aromatic amines is 1. The van der Waals surface area contributed by atoms with Crippen molar-refractivity contribution in [1.29, 1.82) is 0 Å². The van der Waals surface area contributed by atoms with Gasteiger partial charge < -0.3 is 21.1 Å². The third-order valence-electron chi connectivity index (χ3n) is 8.25. The number of hydrogen-bond acceptors (Lipinski definition) is 7. The van der Waals surface area contributed by atoms with Gasteiger partial charge in [-0.1, -0.05) is 31.4 Å². The molecule has 0 aliphatic heterocycles. The van der Waals surface area contributed by atoms with Gasteiger partial charge >= 0.3 is 0 Å². The number of unbranched alkanes of at least 4 members (excludes halogenated alkanes) is 1. The molecule has 2 aromatic carbocycles. The fourth-order valence-electron chi connectivity index (χ4n) is 5.40. The van der Waals surface area contributed by atoms with Gasteiger partial charge in [-0.3, -0.25) is 14.7 Å². The standard InChI is InChI=1S/C34H41F2N5O5S/c1-4-6-13-47(45,46)14-10-28(38-33(44)30-15-22(3)40-41-30)32(43)39-29(19-24-17-26(35)20-27(36)18-24)31(42)21-37-34(11-12-34)25-9-7-8-23(5-2)16-25/h2,7-9,15-18,20,28-29,31,37,42H,4,6,10-14,19,21H2,1,3H3,(H,38,44)(H,39,43)(H,40,41)/t28-,29+,31-/m1/s1. The molecule has 0 radical (unpaired) electrons. The molecule has 1 aliphatic rings. The average molecular weight is 670 g/mol. The van der Waals surface area contributed by atoms with E-state index in [4.69, 9.17) is 6.42 Å². The number of nitrogens with zero attached hydrogens (tertiary/aromatic N) is 1. The second kappa shape index (κ2) is 15.6. The summed E-state index contributed by atoms with van der Waals surface area (Å²) in [5, 5.41) is 26.6. The summed E-state index contributed by atoms with van der Waals surface area (Å²) in [5.41, 5.74) is 2.03. The first-order valence-electron chi connectivity index (χ1n) is 15.6. The number of sulfone groups is 1. The number of aryl methyl sites for hydroxylation is 1. The van der Waals surface area contributed by atoms with Gasteiger partial charge in [0.1, 0.15) is 33.2 Å². The number of nitrogens with one attached hydrogen (secondary N) is 4. The molecular formula is C34H41F2N5O5S. The summed E-state index contributed by atoms with van der Waals surface area (Å²) in [6, 6.07) is 9.53. The van der Waals surface area contributed by atoms with Gasteiger partial charge in [0, 0.05) is 23.7 Å². The SMILES string of the molecule is C#Cc1cccc(C2(NC[C@@H](O)[C@H](Cc3cc(F)cc(F)c3)NC(=O)[C@@H](CCS(=O)(=O)CCCC)NC(=O)c3cc(C)n[nH]3)CC2)c1. The minimum atomic E-state index is -3.53. The van der Waals surface area contributed by atoms with Gasteiger partial charge in [0.15, 0.2) is 0 Å². The van der Waals surface area contributed by atoms with Crippen LogP contribution in [-0.2, 0) is 26.6 Å². The number of aromatic nitrogens is 2. The van der Waals surface area contributed by atoms with Crippen molar-refractivity contribution in [3.63, 3.8) is 0 Å². The summed E-state index contributed by atoms with van der Waals surface area (Å²) in [7, 11) is -3.53. The van der Waals surface area contributed by atoms with Crippen molar-refractivity contribution in [2.24, 2.45) is 0 Å². The van der Waals surface area contributed by atoms with Gasteiger partial charge in [0.05, 0.1) is 29.3 Å². The number of terminal acetylenes is 1. The second-order valence-electron chi connectivity index (χ2n) is 12.1. The van der Waals surface area contributed by atoms with Crippen molar-refractivity contribution in [3.05, 3.63) is 88.2 Å². The molecule has 13 heteroatoms. The third-order valence-corrected chi connectivity index (χ3v) is 10.0. The van der Waals surface area contributed by atoms with Crippen LogP contribution in [0, 0.1) is 30.9 Å². The Labute approximate surface area is 274 Å². The topological polar surface area (TPSA) is 153 Å². The minimum absolute atomic E-state index is 0.00112. The highest BCUT2D eigenvalue weighted by atomic mass is 32.2. The van der Waals surface area contributed by atoms with Crippen LogP contribution in [-0.4, -0.2) is 71.8 Å². The second-order valence-corrected chi connectivity index (χ2v) is 14.4. The van der Waals surface area contributed by atoms with E-state index in [0.29, 0.717) is 24.1 Å². The largest absolute Gasteiger partial charge is 0.390 e. The maximum atomic E-state index is 14.1. The highest BCUT2D eigenvalue weighted by molar-refractivity contribution is 7.91.